The van der Waals surface area contributed by atoms with E-state index in [1.807, 2.05) is 45.0 Å². The lowest BCUT2D eigenvalue weighted by Gasteiger charge is -2.20. The van der Waals surface area contributed by atoms with Crippen LogP contribution in [0.15, 0.2) is 36.5 Å². The van der Waals surface area contributed by atoms with Crippen molar-refractivity contribution in [1.29, 1.82) is 0 Å². The van der Waals surface area contributed by atoms with Crippen LogP contribution in [-0.2, 0) is 16.1 Å². The highest BCUT2D eigenvalue weighted by Crippen LogP contribution is 2.18. The molecule has 3 rings (SSSR count). The number of rotatable bonds is 8. The van der Waals surface area contributed by atoms with Crippen LogP contribution in [0.3, 0.4) is 0 Å². The second kappa shape index (κ2) is 9.49. The zero-order valence-corrected chi connectivity index (χ0v) is 17.9. The Hall–Kier alpha value is -3.27. The second-order valence-corrected chi connectivity index (χ2v) is 7.90. The Morgan fingerprint density at radius 3 is 2.70 bits per heavy atom. The predicted molar refractivity (Wildman–Crippen MR) is 116 cm³/mol. The molecule has 158 valence electrons. The lowest BCUT2D eigenvalue weighted by molar-refractivity contribution is -0.127. The van der Waals surface area contributed by atoms with Crippen molar-refractivity contribution in [1.82, 2.24) is 30.3 Å². The molecule has 1 atom stereocenters. The molecule has 2 aromatic heterocycles. The van der Waals surface area contributed by atoms with Crippen LogP contribution >= 0.6 is 12.2 Å². The first kappa shape index (κ1) is 21.4. The number of amides is 2. The third-order valence-electron chi connectivity index (χ3n) is 4.45. The van der Waals surface area contributed by atoms with Crippen LogP contribution < -0.4 is 10.6 Å². The quantitative estimate of drug-likeness (QED) is 0.412. The van der Waals surface area contributed by atoms with Gasteiger partial charge in [0.25, 0.3) is 0 Å². The van der Waals surface area contributed by atoms with Gasteiger partial charge in [0, 0.05) is 11.6 Å². The fourth-order valence-corrected chi connectivity index (χ4v) is 3.30. The van der Waals surface area contributed by atoms with Gasteiger partial charge in [-0.25, -0.2) is 0 Å². The highest BCUT2D eigenvalue weighted by molar-refractivity contribution is 7.71. The van der Waals surface area contributed by atoms with E-state index in [2.05, 4.69) is 31.0 Å². The number of carbonyl (C=O) groups is 2. The number of aromatic nitrogens is 5. The van der Waals surface area contributed by atoms with Gasteiger partial charge in [-0.15, -0.1) is 0 Å². The van der Waals surface area contributed by atoms with E-state index in [9.17, 15) is 9.59 Å². The van der Waals surface area contributed by atoms with Gasteiger partial charge in [0.2, 0.25) is 11.8 Å². The first-order valence-corrected chi connectivity index (χ1v) is 10.1. The van der Waals surface area contributed by atoms with Gasteiger partial charge >= 0.3 is 0 Å². The van der Waals surface area contributed by atoms with Crippen LogP contribution in [-0.4, -0.2) is 42.8 Å². The number of anilines is 1. The fourth-order valence-electron chi connectivity index (χ4n) is 3.10. The Labute approximate surface area is 179 Å². The van der Waals surface area contributed by atoms with E-state index in [0.717, 1.165) is 11.1 Å². The number of carbonyl (C=O) groups excluding carboxylic acids is 2. The average Bonchev–Trinajstić information content (AvgIpc) is 3.31. The smallest absolute Gasteiger partial charge is 0.248 e. The molecule has 9 nitrogen and oxygen atoms in total. The maximum absolute atomic E-state index is 12.8. The molecule has 0 saturated heterocycles. The summed E-state index contributed by atoms with van der Waals surface area (Å²) < 4.78 is 1.96. The Balaban J connectivity index is 1.75. The highest BCUT2D eigenvalue weighted by Gasteiger charge is 2.23. The summed E-state index contributed by atoms with van der Waals surface area (Å²) in [6.45, 7) is 5.91. The topological polar surface area (TPSA) is 120 Å². The van der Waals surface area contributed by atoms with E-state index >= 15 is 0 Å². The van der Waals surface area contributed by atoms with Gasteiger partial charge in [-0.05, 0) is 37.5 Å². The Kier molecular flexibility index (Phi) is 6.78. The molecule has 1 aromatic carbocycles. The molecular formula is C20H25N7O2S. The lowest BCUT2D eigenvalue weighted by atomic mass is 10.0. The van der Waals surface area contributed by atoms with Crippen LogP contribution in [0.1, 0.15) is 25.8 Å². The third-order valence-corrected chi connectivity index (χ3v) is 4.77. The van der Waals surface area contributed by atoms with Crippen molar-refractivity contribution in [3.8, 4) is 11.4 Å². The summed E-state index contributed by atoms with van der Waals surface area (Å²) in [5.74, 6) is 0.618. The molecule has 10 heteroatoms. The molecule has 4 N–H and O–H groups in total. The minimum Gasteiger partial charge on any atom is -0.343 e. The molecule has 0 fully saturated rings. The first-order chi connectivity index (χ1) is 14.3. The molecule has 2 heterocycles. The number of aryl methyl sites for hydroxylation is 1. The Morgan fingerprint density at radius 1 is 1.23 bits per heavy atom. The van der Waals surface area contributed by atoms with Crippen molar-refractivity contribution in [2.45, 2.75) is 39.8 Å². The highest BCUT2D eigenvalue weighted by atomic mass is 32.1. The van der Waals surface area contributed by atoms with E-state index < -0.39 is 6.04 Å². The summed E-state index contributed by atoms with van der Waals surface area (Å²) in [6, 6.07) is 8.74. The second-order valence-electron chi connectivity index (χ2n) is 7.52. The molecule has 0 aliphatic heterocycles. The molecule has 3 aromatic rings. The van der Waals surface area contributed by atoms with Gasteiger partial charge in [-0.3, -0.25) is 24.4 Å². The fraction of sp³-hybridized carbons (Fsp3) is 0.350. The molecule has 0 radical (unpaired) electrons. The number of benzene rings is 1. The van der Waals surface area contributed by atoms with Crippen LogP contribution in [0.4, 0.5) is 5.82 Å². The number of hydrogen-bond acceptors (Lipinski definition) is 5. The number of hydrogen-bond donors (Lipinski definition) is 4. The largest absolute Gasteiger partial charge is 0.343 e. The predicted octanol–water partition coefficient (Wildman–Crippen LogP) is 2.81. The van der Waals surface area contributed by atoms with Gasteiger partial charge < -0.3 is 10.6 Å². The standard InChI is InChI=1S/C20H25N7O2S/c1-12(2)9-15(19(29)23-16-7-8-21-24-16)22-17(28)11-27-18(25-26-20(27)30)14-6-4-5-13(3)10-14/h4-8,10,12,15H,9,11H2,1-3H3,(H,22,28)(H,26,30)(H2,21,23,24,29). The summed E-state index contributed by atoms with van der Waals surface area (Å²) in [4.78, 5) is 25.4. The SMILES string of the molecule is Cc1cccc(-c2n[nH]c(=S)n2CC(=O)NC(CC(C)C)C(=O)Nc2ccn[nH]2)c1. The van der Waals surface area contributed by atoms with Crippen LogP contribution in [0, 0.1) is 17.6 Å². The summed E-state index contributed by atoms with van der Waals surface area (Å²) in [6.07, 6.45) is 2.03. The molecular weight excluding hydrogens is 402 g/mol. The minimum atomic E-state index is -0.690. The van der Waals surface area contributed by atoms with Crippen LogP contribution in [0.25, 0.3) is 11.4 Å². The molecule has 1 unspecified atom stereocenters. The van der Waals surface area contributed by atoms with E-state index in [4.69, 9.17) is 12.2 Å². The van der Waals surface area contributed by atoms with Crippen molar-refractivity contribution in [2.75, 3.05) is 5.32 Å². The van der Waals surface area contributed by atoms with E-state index in [1.165, 1.54) is 0 Å². The van der Waals surface area contributed by atoms with E-state index in [1.54, 1.807) is 16.8 Å². The maximum Gasteiger partial charge on any atom is 0.248 e. The molecule has 0 aliphatic rings. The summed E-state index contributed by atoms with van der Waals surface area (Å²) >= 11 is 5.31. The van der Waals surface area contributed by atoms with Crippen molar-refractivity contribution < 1.29 is 9.59 Å². The minimum absolute atomic E-state index is 0.0511. The van der Waals surface area contributed by atoms with Gasteiger partial charge in [-0.2, -0.15) is 10.2 Å². The monoisotopic (exact) mass is 427 g/mol. The van der Waals surface area contributed by atoms with Gasteiger partial charge in [-0.1, -0.05) is 37.6 Å². The van der Waals surface area contributed by atoms with Gasteiger partial charge in [0.05, 0.1) is 6.20 Å². The van der Waals surface area contributed by atoms with Crippen molar-refractivity contribution >= 4 is 29.9 Å². The van der Waals surface area contributed by atoms with E-state index in [0.29, 0.717) is 22.8 Å². The molecule has 0 saturated carbocycles. The maximum atomic E-state index is 12.8. The molecule has 0 spiro atoms. The Morgan fingerprint density at radius 2 is 2.03 bits per heavy atom. The number of nitrogens with zero attached hydrogens (tertiary/aromatic N) is 3. The van der Waals surface area contributed by atoms with E-state index in [-0.39, 0.29) is 24.3 Å². The zero-order valence-electron chi connectivity index (χ0n) is 17.1. The van der Waals surface area contributed by atoms with Gasteiger partial charge in [0.15, 0.2) is 10.6 Å². The van der Waals surface area contributed by atoms with Crippen molar-refractivity contribution in [2.24, 2.45) is 5.92 Å². The van der Waals surface area contributed by atoms with Crippen molar-refractivity contribution in [3.63, 3.8) is 0 Å². The van der Waals surface area contributed by atoms with Gasteiger partial charge in [0.1, 0.15) is 18.4 Å². The summed E-state index contributed by atoms with van der Waals surface area (Å²) in [5, 5.41) is 19.0. The van der Waals surface area contributed by atoms with Crippen molar-refractivity contribution in [3.05, 3.63) is 46.9 Å². The Bertz CT molecular complexity index is 1070. The number of nitrogens with one attached hydrogen (secondary N) is 4. The number of H-pyrrole nitrogens is 2. The molecule has 2 amide bonds. The van der Waals surface area contributed by atoms with Crippen LogP contribution in [0.2, 0.25) is 0 Å². The molecule has 0 bridgehead atoms. The summed E-state index contributed by atoms with van der Waals surface area (Å²) in [7, 11) is 0. The lowest BCUT2D eigenvalue weighted by Crippen LogP contribution is -2.45. The summed E-state index contributed by atoms with van der Waals surface area (Å²) in [5.41, 5.74) is 1.93. The molecule has 30 heavy (non-hydrogen) atoms. The number of aromatic amines is 2. The molecule has 0 aliphatic carbocycles. The zero-order chi connectivity index (χ0) is 21.7. The average molecular weight is 428 g/mol. The van der Waals surface area contributed by atoms with Crippen LogP contribution in [0.5, 0.6) is 0 Å². The first-order valence-electron chi connectivity index (χ1n) is 9.65. The normalized spacial score (nSPS) is 12.0. The third kappa shape index (κ3) is 5.41.